The molecule has 0 radical (unpaired) electrons. The Morgan fingerprint density at radius 2 is 2.26 bits per heavy atom. The van der Waals surface area contributed by atoms with Crippen LogP contribution in [0, 0.1) is 0 Å². The first-order valence-electron chi connectivity index (χ1n) is 5.60. The molecule has 2 aromatic rings. The number of halogens is 1. The second-order valence-corrected chi connectivity index (χ2v) is 4.71. The highest BCUT2D eigenvalue weighted by Gasteiger charge is 2.06. The van der Waals surface area contributed by atoms with E-state index in [9.17, 15) is 4.79 Å². The maximum Gasteiger partial charge on any atom is 0.250 e. The van der Waals surface area contributed by atoms with Gasteiger partial charge in [0.2, 0.25) is 5.91 Å². The van der Waals surface area contributed by atoms with Crippen LogP contribution in [0.25, 0.3) is 0 Å². The van der Waals surface area contributed by atoms with E-state index < -0.39 is 0 Å². The van der Waals surface area contributed by atoms with Crippen LogP contribution in [0.2, 0.25) is 0 Å². The highest BCUT2D eigenvalue weighted by molar-refractivity contribution is 9.10. The smallest absolute Gasteiger partial charge is 0.250 e. The van der Waals surface area contributed by atoms with Crippen molar-refractivity contribution in [2.45, 2.75) is 6.61 Å². The van der Waals surface area contributed by atoms with Crippen molar-refractivity contribution in [1.82, 2.24) is 0 Å². The van der Waals surface area contributed by atoms with Gasteiger partial charge in [-0.15, -0.1) is 0 Å². The van der Waals surface area contributed by atoms with Crippen molar-refractivity contribution in [3.63, 3.8) is 0 Å². The molecule has 6 heteroatoms. The van der Waals surface area contributed by atoms with E-state index in [1.165, 1.54) is 0 Å². The quantitative estimate of drug-likeness (QED) is 0.829. The normalized spacial score (nSPS) is 10.4. The third kappa shape index (κ3) is 4.11. The van der Waals surface area contributed by atoms with Gasteiger partial charge in [-0.1, -0.05) is 0 Å². The number of ether oxygens (including phenoxy) is 1. The highest BCUT2D eigenvalue weighted by atomic mass is 79.9. The van der Waals surface area contributed by atoms with Gasteiger partial charge in [0.05, 0.1) is 12.0 Å². The fourth-order valence-electron chi connectivity index (χ4n) is 1.46. The average molecular weight is 325 g/mol. The largest absolute Gasteiger partial charge is 0.467 e. The molecule has 5 nitrogen and oxygen atoms in total. The lowest BCUT2D eigenvalue weighted by molar-refractivity contribution is -0.121. The predicted molar refractivity (Wildman–Crippen MR) is 75.5 cm³/mol. The van der Waals surface area contributed by atoms with Crippen LogP contribution < -0.4 is 11.1 Å². The van der Waals surface area contributed by atoms with Crippen LogP contribution in [0.15, 0.2) is 45.5 Å². The van der Waals surface area contributed by atoms with Crippen molar-refractivity contribution in [1.29, 1.82) is 0 Å². The minimum atomic E-state index is -0.239. The van der Waals surface area contributed by atoms with Gasteiger partial charge in [0.1, 0.15) is 19.0 Å². The number of nitrogens with two attached hydrogens (primary N) is 1. The van der Waals surface area contributed by atoms with Crippen LogP contribution >= 0.6 is 15.9 Å². The number of amides is 1. The molecule has 1 heterocycles. The summed E-state index contributed by atoms with van der Waals surface area (Å²) in [7, 11) is 0. The Kier molecular flexibility index (Phi) is 4.59. The van der Waals surface area contributed by atoms with Gasteiger partial charge < -0.3 is 20.2 Å². The molecule has 1 aromatic carbocycles. The van der Waals surface area contributed by atoms with Crippen molar-refractivity contribution in [3.05, 3.63) is 46.8 Å². The average Bonchev–Trinajstić information content (AvgIpc) is 2.86. The van der Waals surface area contributed by atoms with E-state index in [4.69, 9.17) is 14.9 Å². The molecule has 0 unspecified atom stereocenters. The number of carbonyl (C=O) groups excluding carboxylic acids is 1. The van der Waals surface area contributed by atoms with Gasteiger partial charge in [0.25, 0.3) is 0 Å². The van der Waals surface area contributed by atoms with Crippen LogP contribution in [-0.4, -0.2) is 12.5 Å². The summed E-state index contributed by atoms with van der Waals surface area (Å²) in [4.78, 5) is 11.7. The fourth-order valence-corrected chi connectivity index (χ4v) is 1.95. The summed E-state index contributed by atoms with van der Waals surface area (Å²) < 4.78 is 11.0. The number of anilines is 2. The van der Waals surface area contributed by atoms with Crippen LogP contribution in [-0.2, 0) is 16.1 Å². The Balaban J connectivity index is 1.80. The number of nitrogen functional groups attached to an aromatic ring is 1. The Morgan fingerprint density at radius 3 is 2.95 bits per heavy atom. The van der Waals surface area contributed by atoms with Gasteiger partial charge in [-0.3, -0.25) is 4.79 Å². The van der Waals surface area contributed by atoms with E-state index >= 15 is 0 Å². The molecule has 0 aliphatic heterocycles. The number of furan rings is 1. The summed E-state index contributed by atoms with van der Waals surface area (Å²) in [5.74, 6) is 0.443. The Hall–Kier alpha value is -1.79. The lowest BCUT2D eigenvalue weighted by atomic mass is 10.3. The van der Waals surface area contributed by atoms with Gasteiger partial charge in [-0.2, -0.15) is 0 Å². The molecule has 3 N–H and O–H groups in total. The van der Waals surface area contributed by atoms with Crippen molar-refractivity contribution in [3.8, 4) is 0 Å². The zero-order valence-electron chi connectivity index (χ0n) is 10.1. The topological polar surface area (TPSA) is 77.5 Å². The number of hydrogen-bond donors (Lipinski definition) is 2. The number of rotatable bonds is 5. The second kappa shape index (κ2) is 6.40. The third-order valence-electron chi connectivity index (χ3n) is 2.32. The monoisotopic (exact) mass is 324 g/mol. The molecule has 0 atom stereocenters. The molecule has 0 saturated heterocycles. The van der Waals surface area contributed by atoms with E-state index in [2.05, 4.69) is 21.2 Å². The van der Waals surface area contributed by atoms with E-state index in [0.717, 1.165) is 4.47 Å². The molecular weight excluding hydrogens is 312 g/mol. The Morgan fingerprint density at radius 1 is 1.42 bits per heavy atom. The molecular formula is C13H13BrN2O3. The molecule has 19 heavy (non-hydrogen) atoms. The maximum absolute atomic E-state index is 11.7. The van der Waals surface area contributed by atoms with Gasteiger partial charge in [-0.25, -0.2) is 0 Å². The van der Waals surface area contributed by atoms with Crippen molar-refractivity contribution >= 4 is 33.2 Å². The zero-order valence-corrected chi connectivity index (χ0v) is 11.6. The zero-order chi connectivity index (χ0) is 13.7. The molecule has 1 aromatic heterocycles. The lowest BCUT2D eigenvalue weighted by Gasteiger charge is -2.08. The molecule has 2 rings (SSSR count). The van der Waals surface area contributed by atoms with Crippen molar-refractivity contribution < 1.29 is 13.9 Å². The first-order valence-corrected chi connectivity index (χ1v) is 6.39. The maximum atomic E-state index is 11.7. The van der Waals surface area contributed by atoms with Gasteiger partial charge >= 0.3 is 0 Å². The first kappa shape index (κ1) is 13.6. The minimum Gasteiger partial charge on any atom is -0.467 e. The van der Waals surface area contributed by atoms with Crippen LogP contribution in [0.3, 0.4) is 0 Å². The summed E-state index contributed by atoms with van der Waals surface area (Å²) in [5.41, 5.74) is 6.89. The minimum absolute atomic E-state index is 0.0441. The Bertz CT molecular complexity index is 555. The van der Waals surface area contributed by atoms with Crippen LogP contribution in [0.5, 0.6) is 0 Å². The molecule has 1 amide bonds. The summed E-state index contributed by atoms with van der Waals surface area (Å²) in [6, 6.07) is 8.71. The summed E-state index contributed by atoms with van der Waals surface area (Å²) in [6.07, 6.45) is 1.56. The molecule has 100 valence electrons. The fraction of sp³-hybridized carbons (Fsp3) is 0.154. The van der Waals surface area contributed by atoms with E-state index in [1.807, 2.05) is 0 Å². The van der Waals surface area contributed by atoms with Gasteiger partial charge in [0.15, 0.2) is 0 Å². The molecule has 0 bridgehead atoms. The predicted octanol–water partition coefficient (Wildman–Crippen LogP) is 2.78. The lowest BCUT2D eigenvalue weighted by Crippen LogP contribution is -2.18. The number of nitrogens with one attached hydrogen (secondary N) is 1. The first-order chi connectivity index (χ1) is 9.15. The summed E-state index contributed by atoms with van der Waals surface area (Å²) in [6.45, 7) is 0.223. The highest BCUT2D eigenvalue weighted by Crippen LogP contribution is 2.24. The molecule has 0 aliphatic carbocycles. The van der Waals surface area contributed by atoms with Crippen molar-refractivity contribution in [2.75, 3.05) is 17.7 Å². The van der Waals surface area contributed by atoms with Crippen molar-refractivity contribution in [2.24, 2.45) is 0 Å². The van der Waals surface area contributed by atoms with Crippen LogP contribution in [0.4, 0.5) is 11.4 Å². The standard InChI is InChI=1S/C13H13BrN2O3/c14-11-6-9(15)3-4-12(11)16-13(17)8-18-7-10-2-1-5-19-10/h1-6H,7-8,15H2,(H,16,17). The number of carbonyl (C=O) groups is 1. The number of hydrogen-bond acceptors (Lipinski definition) is 4. The second-order valence-electron chi connectivity index (χ2n) is 3.86. The summed E-state index contributed by atoms with van der Waals surface area (Å²) >= 11 is 3.32. The molecule has 0 fully saturated rings. The van der Waals surface area contributed by atoms with E-state index in [-0.39, 0.29) is 19.1 Å². The van der Waals surface area contributed by atoms with Gasteiger partial charge in [-0.05, 0) is 46.3 Å². The Labute approximate surface area is 118 Å². The molecule has 0 saturated carbocycles. The SMILES string of the molecule is Nc1ccc(NC(=O)COCc2ccco2)c(Br)c1. The number of benzene rings is 1. The summed E-state index contributed by atoms with van der Waals surface area (Å²) in [5, 5.41) is 2.72. The molecule has 0 spiro atoms. The third-order valence-corrected chi connectivity index (χ3v) is 2.98. The van der Waals surface area contributed by atoms with Crippen LogP contribution in [0.1, 0.15) is 5.76 Å². The van der Waals surface area contributed by atoms with E-state index in [1.54, 1.807) is 36.6 Å². The van der Waals surface area contributed by atoms with E-state index in [0.29, 0.717) is 17.1 Å². The van der Waals surface area contributed by atoms with Gasteiger partial charge in [0, 0.05) is 10.2 Å². The molecule has 0 aliphatic rings.